The molecule has 1 saturated carbocycles. The molecule has 2 aromatic heterocycles. The van der Waals surface area contributed by atoms with Gasteiger partial charge in [0.15, 0.2) is 0 Å². The highest BCUT2D eigenvalue weighted by atomic mass is 19.1. The van der Waals surface area contributed by atoms with Crippen LogP contribution in [0.3, 0.4) is 0 Å². The molecular weight excluding hydrogens is 421 g/mol. The van der Waals surface area contributed by atoms with E-state index in [1.54, 1.807) is 31.3 Å². The number of nitrogens with zero attached hydrogens (tertiary/aromatic N) is 4. The summed E-state index contributed by atoms with van der Waals surface area (Å²) in [5, 5.41) is 21.2. The smallest absolute Gasteiger partial charge is 0.271 e. The number of halogens is 1. The second kappa shape index (κ2) is 7.66. The average Bonchev–Trinajstić information content (AvgIpc) is 3.19. The summed E-state index contributed by atoms with van der Waals surface area (Å²) in [6.45, 7) is 6.12. The molecule has 8 heteroatoms. The van der Waals surface area contributed by atoms with E-state index in [0.29, 0.717) is 17.0 Å². The molecule has 2 aliphatic rings. The zero-order chi connectivity index (χ0) is 23.4. The van der Waals surface area contributed by atoms with E-state index in [0.717, 1.165) is 24.1 Å². The van der Waals surface area contributed by atoms with Crippen LogP contribution < -0.4 is 5.32 Å². The largest absolute Gasteiger partial charge is 0.392 e. The summed E-state index contributed by atoms with van der Waals surface area (Å²) < 4.78 is 14.4. The Morgan fingerprint density at radius 2 is 2.06 bits per heavy atom. The third-order valence-corrected chi connectivity index (χ3v) is 7.39. The minimum atomic E-state index is -0.654. The number of hydrogen-bond acceptors (Lipinski definition) is 6. The molecule has 5 rings (SSSR count). The molecule has 0 unspecified atom stereocenters. The molecule has 33 heavy (non-hydrogen) atoms. The third-order valence-electron chi connectivity index (χ3n) is 7.39. The quantitative estimate of drug-likeness (QED) is 0.622. The first-order valence-corrected chi connectivity index (χ1v) is 11.2. The van der Waals surface area contributed by atoms with E-state index >= 15 is 0 Å². The van der Waals surface area contributed by atoms with E-state index in [1.807, 2.05) is 6.07 Å². The fourth-order valence-electron chi connectivity index (χ4n) is 5.70. The Labute approximate surface area is 191 Å². The van der Waals surface area contributed by atoms with Crippen LogP contribution in [-0.2, 0) is 5.41 Å². The van der Waals surface area contributed by atoms with Crippen molar-refractivity contribution in [3.8, 4) is 11.3 Å². The van der Waals surface area contributed by atoms with Gasteiger partial charge in [-0.05, 0) is 54.9 Å². The number of amides is 1. The van der Waals surface area contributed by atoms with Gasteiger partial charge in [0.05, 0.1) is 34.8 Å². The normalized spacial score (nSPS) is 23.2. The molecular formula is C25H26FN5O2. The summed E-state index contributed by atoms with van der Waals surface area (Å²) >= 11 is 0. The Morgan fingerprint density at radius 3 is 2.82 bits per heavy atom. The summed E-state index contributed by atoms with van der Waals surface area (Å²) in [5.41, 5.74) is 2.95. The number of nitrogens with one attached hydrogen (secondary N) is 1. The van der Waals surface area contributed by atoms with E-state index in [1.165, 1.54) is 12.3 Å². The molecule has 2 bridgehead atoms. The van der Waals surface area contributed by atoms with Gasteiger partial charge >= 0.3 is 0 Å². The molecule has 2 aliphatic carbocycles. The molecule has 0 spiro atoms. The average molecular weight is 448 g/mol. The number of benzene rings is 1. The number of carbonyl (C=O) groups is 1. The van der Waals surface area contributed by atoms with E-state index in [4.69, 9.17) is 4.98 Å². The summed E-state index contributed by atoms with van der Waals surface area (Å²) in [5.74, 6) is -0.498. The summed E-state index contributed by atoms with van der Waals surface area (Å²) in [6, 6.07) is 8.53. The van der Waals surface area contributed by atoms with Crippen molar-refractivity contribution in [1.29, 1.82) is 0 Å². The Balaban J connectivity index is 1.59. The van der Waals surface area contributed by atoms with Gasteiger partial charge < -0.3 is 10.4 Å². The number of rotatable bonds is 5. The topological polar surface area (TPSA) is 101 Å². The van der Waals surface area contributed by atoms with Gasteiger partial charge in [0.1, 0.15) is 11.5 Å². The Morgan fingerprint density at radius 1 is 1.27 bits per heavy atom. The molecule has 1 fully saturated rings. The molecule has 3 atom stereocenters. The van der Waals surface area contributed by atoms with E-state index < -0.39 is 11.5 Å². The molecule has 3 aromatic rings. The lowest BCUT2D eigenvalue weighted by Gasteiger charge is -2.37. The monoisotopic (exact) mass is 447 g/mol. The highest BCUT2D eigenvalue weighted by Crippen LogP contribution is 2.69. The lowest BCUT2D eigenvalue weighted by molar-refractivity contribution is 0.0917. The number of aliphatic hydroxyl groups is 1. The van der Waals surface area contributed by atoms with Gasteiger partial charge in [0.25, 0.3) is 5.91 Å². The van der Waals surface area contributed by atoms with E-state index in [-0.39, 0.29) is 35.3 Å². The molecule has 2 N–H and O–H groups in total. The van der Waals surface area contributed by atoms with Crippen LogP contribution in [0, 0.1) is 11.2 Å². The number of hydrogen-bond donors (Lipinski definition) is 2. The zero-order valence-corrected chi connectivity index (χ0v) is 18.8. The maximum absolute atomic E-state index is 14.4. The predicted octanol–water partition coefficient (Wildman–Crippen LogP) is 3.39. The molecule has 0 aliphatic heterocycles. The summed E-state index contributed by atoms with van der Waals surface area (Å²) in [7, 11) is 0. The van der Waals surface area contributed by atoms with Crippen LogP contribution in [0.25, 0.3) is 11.3 Å². The maximum Gasteiger partial charge on any atom is 0.271 e. The van der Waals surface area contributed by atoms with Gasteiger partial charge in [-0.15, -0.1) is 0 Å². The van der Waals surface area contributed by atoms with Crippen molar-refractivity contribution in [2.45, 2.75) is 51.0 Å². The van der Waals surface area contributed by atoms with Gasteiger partial charge in [-0.3, -0.25) is 9.78 Å². The number of carbonyl (C=O) groups excluding carboxylic acids is 1. The zero-order valence-electron chi connectivity index (χ0n) is 18.8. The lowest BCUT2D eigenvalue weighted by atomic mass is 9.66. The van der Waals surface area contributed by atoms with Crippen LogP contribution in [0.5, 0.6) is 0 Å². The minimum Gasteiger partial charge on any atom is -0.392 e. The van der Waals surface area contributed by atoms with Crippen molar-refractivity contribution in [3.63, 3.8) is 0 Å². The number of aliphatic hydroxyl groups excluding tert-OH is 1. The maximum atomic E-state index is 14.4. The van der Waals surface area contributed by atoms with Crippen molar-refractivity contribution in [1.82, 2.24) is 25.5 Å². The fraction of sp³-hybridized carbons (Fsp3) is 0.400. The lowest BCUT2D eigenvalue weighted by Crippen LogP contribution is -2.39. The van der Waals surface area contributed by atoms with Gasteiger partial charge in [-0.2, -0.15) is 10.2 Å². The van der Waals surface area contributed by atoms with Crippen LogP contribution in [-0.4, -0.2) is 43.8 Å². The van der Waals surface area contributed by atoms with Crippen molar-refractivity contribution in [2.75, 3.05) is 6.54 Å². The standard InChI is InChI=1S/C25H26FN5O2/c1-14(32)11-28-23(33)20-12-27-13-21(29-20)25-9-8-17(24(25,2)3)16-10-19(30-31-22(16)25)15-6-4-5-7-18(15)26/h4-7,10,12-14,17,32H,8-9,11H2,1-3H3,(H,28,33)/t14-,17-,25-/m0/s1. The molecule has 7 nitrogen and oxygen atoms in total. The van der Waals surface area contributed by atoms with Crippen molar-refractivity contribution >= 4 is 5.91 Å². The summed E-state index contributed by atoms with van der Waals surface area (Å²) in [6.07, 6.45) is 4.23. The number of aromatic nitrogens is 4. The Kier molecular flexibility index (Phi) is 5.01. The first-order chi connectivity index (χ1) is 15.8. The minimum absolute atomic E-state index is 0.135. The Bertz CT molecular complexity index is 1240. The Hall–Kier alpha value is -3.26. The second-order valence-corrected chi connectivity index (χ2v) is 9.58. The second-order valence-electron chi connectivity index (χ2n) is 9.58. The fourth-order valence-corrected chi connectivity index (χ4v) is 5.70. The van der Waals surface area contributed by atoms with Crippen LogP contribution in [0.1, 0.15) is 67.0 Å². The first kappa shape index (κ1) is 21.6. The highest BCUT2D eigenvalue weighted by Gasteiger charge is 2.65. The predicted molar refractivity (Wildman–Crippen MR) is 120 cm³/mol. The van der Waals surface area contributed by atoms with Gasteiger partial charge in [-0.1, -0.05) is 26.0 Å². The molecule has 170 valence electrons. The van der Waals surface area contributed by atoms with E-state index in [2.05, 4.69) is 34.3 Å². The van der Waals surface area contributed by atoms with Crippen LogP contribution >= 0.6 is 0 Å². The molecule has 0 saturated heterocycles. The van der Waals surface area contributed by atoms with Crippen molar-refractivity contribution < 1.29 is 14.3 Å². The van der Waals surface area contributed by atoms with Crippen LogP contribution in [0.4, 0.5) is 4.39 Å². The van der Waals surface area contributed by atoms with Crippen molar-refractivity contribution in [3.05, 3.63) is 71.2 Å². The number of fused-ring (bicyclic) bond motifs is 5. The van der Waals surface area contributed by atoms with E-state index in [9.17, 15) is 14.3 Å². The third kappa shape index (κ3) is 3.15. The highest BCUT2D eigenvalue weighted by molar-refractivity contribution is 5.92. The van der Waals surface area contributed by atoms with Crippen LogP contribution in [0.2, 0.25) is 0 Å². The molecule has 1 aromatic carbocycles. The molecule has 0 radical (unpaired) electrons. The van der Waals surface area contributed by atoms with Gasteiger partial charge in [0.2, 0.25) is 0 Å². The molecule has 2 heterocycles. The van der Waals surface area contributed by atoms with Gasteiger partial charge in [0, 0.05) is 18.3 Å². The van der Waals surface area contributed by atoms with Crippen molar-refractivity contribution in [2.24, 2.45) is 5.41 Å². The SMILES string of the molecule is C[C@H](O)CNC(=O)c1cncc([C@@]23CC[C@@H](c4cc(-c5ccccc5F)nnc42)C3(C)C)n1. The summed E-state index contributed by atoms with van der Waals surface area (Å²) in [4.78, 5) is 21.6. The van der Waals surface area contributed by atoms with Gasteiger partial charge in [-0.25, -0.2) is 9.37 Å². The molecule has 1 amide bonds. The first-order valence-electron chi connectivity index (χ1n) is 11.2. The van der Waals surface area contributed by atoms with Crippen LogP contribution in [0.15, 0.2) is 42.7 Å².